The van der Waals surface area contributed by atoms with Gasteiger partial charge in [-0.3, -0.25) is 14.9 Å². The molecule has 1 aliphatic heterocycles. The van der Waals surface area contributed by atoms with Crippen LogP contribution in [-0.2, 0) is 9.59 Å². The first-order chi connectivity index (χ1) is 10.2. The van der Waals surface area contributed by atoms with Gasteiger partial charge in [-0.2, -0.15) is 0 Å². The Morgan fingerprint density at radius 2 is 1.86 bits per heavy atom. The van der Waals surface area contributed by atoms with Crippen LogP contribution in [0, 0.1) is 5.92 Å². The van der Waals surface area contributed by atoms with Gasteiger partial charge in [0.1, 0.15) is 0 Å². The summed E-state index contributed by atoms with van der Waals surface area (Å²) in [6.45, 7) is 2.07. The topological polar surface area (TPSA) is 46.2 Å². The predicted molar refractivity (Wildman–Crippen MR) is 82.9 cm³/mol. The number of hydrogen-bond donors (Lipinski definition) is 1. The Balaban J connectivity index is 2.00. The number of carbonyl (C=O) groups excluding carboxylic acids is 2. The minimum Gasteiger partial charge on any atom is -0.296 e. The number of imide groups is 1. The third kappa shape index (κ3) is 2.68. The summed E-state index contributed by atoms with van der Waals surface area (Å²) < 4.78 is 0. The monoisotopic (exact) mass is 281 g/mol. The first-order valence-corrected chi connectivity index (χ1v) is 7.51. The van der Waals surface area contributed by atoms with E-state index in [0.29, 0.717) is 6.42 Å². The fraction of sp³-hybridized carbons (Fsp3) is 0.333. The quantitative estimate of drug-likeness (QED) is 0.877. The highest BCUT2D eigenvalue weighted by atomic mass is 16.2. The van der Waals surface area contributed by atoms with Crippen molar-refractivity contribution in [2.75, 3.05) is 0 Å². The molecule has 0 spiro atoms. The molecule has 108 valence electrons. The molecule has 3 heteroatoms. The maximum atomic E-state index is 12.1. The van der Waals surface area contributed by atoms with Crippen molar-refractivity contribution in [3.05, 3.63) is 48.0 Å². The van der Waals surface area contributed by atoms with Crippen LogP contribution < -0.4 is 5.32 Å². The first kappa shape index (κ1) is 13.8. The minimum atomic E-state index is -0.162. The van der Waals surface area contributed by atoms with Gasteiger partial charge in [0.25, 0.3) is 0 Å². The summed E-state index contributed by atoms with van der Waals surface area (Å²) in [5.74, 6) is -0.388. The van der Waals surface area contributed by atoms with E-state index in [4.69, 9.17) is 0 Å². The van der Waals surface area contributed by atoms with Crippen molar-refractivity contribution in [1.29, 1.82) is 0 Å². The lowest BCUT2D eigenvalue weighted by Crippen LogP contribution is -2.44. The van der Waals surface area contributed by atoms with Crippen molar-refractivity contribution in [3.63, 3.8) is 0 Å². The molecule has 1 aliphatic rings. The van der Waals surface area contributed by atoms with Crippen LogP contribution in [0.25, 0.3) is 10.8 Å². The van der Waals surface area contributed by atoms with Crippen molar-refractivity contribution in [3.8, 4) is 0 Å². The Labute approximate surface area is 124 Å². The highest BCUT2D eigenvalue weighted by Gasteiger charge is 2.35. The molecule has 21 heavy (non-hydrogen) atoms. The SMILES string of the molecule is CCCC1C(=O)NC(=O)CC1c1ccc2ccccc2c1. The van der Waals surface area contributed by atoms with Gasteiger partial charge in [0.05, 0.1) is 0 Å². The summed E-state index contributed by atoms with van der Waals surface area (Å²) in [5.41, 5.74) is 1.09. The lowest BCUT2D eigenvalue weighted by Gasteiger charge is -2.30. The third-order valence-corrected chi connectivity index (χ3v) is 4.29. The predicted octanol–water partition coefficient (Wildman–Crippen LogP) is 3.39. The molecule has 0 aliphatic carbocycles. The van der Waals surface area contributed by atoms with Gasteiger partial charge in [-0.15, -0.1) is 0 Å². The summed E-state index contributed by atoms with van der Waals surface area (Å²) in [7, 11) is 0. The van der Waals surface area contributed by atoms with Crippen molar-refractivity contribution >= 4 is 22.6 Å². The Morgan fingerprint density at radius 3 is 2.62 bits per heavy atom. The molecule has 3 rings (SSSR count). The van der Waals surface area contributed by atoms with Gasteiger partial charge in [-0.1, -0.05) is 55.8 Å². The third-order valence-electron chi connectivity index (χ3n) is 4.29. The highest BCUT2D eigenvalue weighted by molar-refractivity contribution is 6.00. The number of carbonyl (C=O) groups is 2. The van der Waals surface area contributed by atoms with Gasteiger partial charge in [0.2, 0.25) is 11.8 Å². The fourth-order valence-corrected chi connectivity index (χ4v) is 3.24. The van der Waals surface area contributed by atoms with E-state index in [-0.39, 0.29) is 23.7 Å². The molecule has 2 unspecified atom stereocenters. The number of amides is 2. The normalized spacial score (nSPS) is 22.3. The Bertz CT molecular complexity index is 692. The summed E-state index contributed by atoms with van der Waals surface area (Å²) >= 11 is 0. The summed E-state index contributed by atoms with van der Waals surface area (Å²) in [6.07, 6.45) is 2.15. The number of nitrogens with one attached hydrogen (secondary N) is 1. The Hall–Kier alpha value is -2.16. The maximum absolute atomic E-state index is 12.1. The summed E-state index contributed by atoms with van der Waals surface area (Å²) in [5, 5.41) is 4.81. The van der Waals surface area contributed by atoms with E-state index in [1.165, 1.54) is 5.39 Å². The summed E-state index contributed by atoms with van der Waals surface area (Å²) in [4.78, 5) is 23.8. The highest BCUT2D eigenvalue weighted by Crippen LogP contribution is 2.35. The smallest absolute Gasteiger partial charge is 0.230 e. The molecule has 1 saturated heterocycles. The lowest BCUT2D eigenvalue weighted by atomic mass is 9.77. The summed E-state index contributed by atoms with van der Waals surface area (Å²) in [6, 6.07) is 14.4. The van der Waals surface area contributed by atoms with Gasteiger partial charge in [-0.05, 0) is 22.8 Å². The van der Waals surface area contributed by atoms with Crippen molar-refractivity contribution < 1.29 is 9.59 Å². The lowest BCUT2D eigenvalue weighted by molar-refractivity contribution is -0.137. The van der Waals surface area contributed by atoms with Crippen molar-refractivity contribution in [2.45, 2.75) is 32.1 Å². The van der Waals surface area contributed by atoms with E-state index in [1.807, 2.05) is 12.1 Å². The zero-order valence-corrected chi connectivity index (χ0v) is 12.1. The molecule has 1 heterocycles. The molecular formula is C18H19NO2. The molecule has 0 aromatic heterocycles. The van der Waals surface area contributed by atoms with Crippen LogP contribution in [-0.4, -0.2) is 11.8 Å². The average Bonchev–Trinajstić information content (AvgIpc) is 2.49. The number of piperidine rings is 1. The van der Waals surface area contributed by atoms with E-state index in [2.05, 4.69) is 42.6 Å². The number of fused-ring (bicyclic) bond motifs is 1. The number of rotatable bonds is 3. The second-order valence-electron chi connectivity index (χ2n) is 5.72. The molecule has 2 atom stereocenters. The molecule has 1 fully saturated rings. The molecule has 0 radical (unpaired) electrons. The maximum Gasteiger partial charge on any atom is 0.230 e. The standard InChI is InChI=1S/C18H19NO2/c1-2-5-15-16(11-17(20)19-18(15)21)14-9-8-12-6-3-4-7-13(12)10-14/h3-4,6-10,15-16H,2,5,11H2,1H3,(H,19,20,21). The Kier molecular flexibility index (Phi) is 3.74. The van der Waals surface area contributed by atoms with Gasteiger partial charge in [-0.25, -0.2) is 0 Å². The fourth-order valence-electron chi connectivity index (χ4n) is 3.24. The van der Waals surface area contributed by atoms with Gasteiger partial charge < -0.3 is 0 Å². The average molecular weight is 281 g/mol. The molecule has 2 aromatic rings. The van der Waals surface area contributed by atoms with Crippen LogP contribution in [0.4, 0.5) is 0 Å². The zero-order chi connectivity index (χ0) is 14.8. The molecule has 2 aromatic carbocycles. The van der Waals surface area contributed by atoms with Crippen LogP contribution in [0.5, 0.6) is 0 Å². The Morgan fingerprint density at radius 1 is 1.10 bits per heavy atom. The first-order valence-electron chi connectivity index (χ1n) is 7.51. The largest absolute Gasteiger partial charge is 0.296 e. The number of hydrogen-bond acceptors (Lipinski definition) is 2. The minimum absolute atomic E-state index is 0.00388. The van der Waals surface area contributed by atoms with Crippen LogP contribution in [0.15, 0.2) is 42.5 Å². The molecule has 0 bridgehead atoms. The number of benzene rings is 2. The van der Waals surface area contributed by atoms with Gasteiger partial charge in [0, 0.05) is 18.3 Å². The van der Waals surface area contributed by atoms with Crippen molar-refractivity contribution in [2.24, 2.45) is 5.92 Å². The van der Waals surface area contributed by atoms with Crippen molar-refractivity contribution in [1.82, 2.24) is 5.32 Å². The van der Waals surface area contributed by atoms with Gasteiger partial charge in [0.15, 0.2) is 0 Å². The molecule has 2 amide bonds. The van der Waals surface area contributed by atoms with Crippen LogP contribution >= 0.6 is 0 Å². The van der Waals surface area contributed by atoms with Crippen LogP contribution in [0.2, 0.25) is 0 Å². The second kappa shape index (κ2) is 5.68. The molecule has 0 saturated carbocycles. The molecule has 3 nitrogen and oxygen atoms in total. The van der Waals surface area contributed by atoms with E-state index in [0.717, 1.165) is 23.8 Å². The van der Waals surface area contributed by atoms with E-state index >= 15 is 0 Å². The molecular weight excluding hydrogens is 262 g/mol. The molecule has 1 N–H and O–H groups in total. The van der Waals surface area contributed by atoms with Gasteiger partial charge >= 0.3 is 0 Å². The van der Waals surface area contributed by atoms with Crippen LogP contribution in [0.1, 0.15) is 37.7 Å². The van der Waals surface area contributed by atoms with E-state index in [9.17, 15) is 9.59 Å². The van der Waals surface area contributed by atoms with E-state index < -0.39 is 0 Å². The van der Waals surface area contributed by atoms with E-state index in [1.54, 1.807) is 0 Å². The zero-order valence-electron chi connectivity index (χ0n) is 12.1. The van der Waals surface area contributed by atoms with Crippen LogP contribution in [0.3, 0.4) is 0 Å². The second-order valence-corrected chi connectivity index (χ2v) is 5.72.